The summed E-state index contributed by atoms with van der Waals surface area (Å²) in [5.74, 6) is -2.78. The average molecular weight is 375 g/mol. The number of nitrogens with zero attached hydrogens (tertiary/aromatic N) is 2. The minimum atomic E-state index is -5.15. The fourth-order valence-electron chi connectivity index (χ4n) is 3.16. The second kappa shape index (κ2) is 5.87. The highest BCUT2D eigenvalue weighted by atomic mass is 19.4. The minimum absolute atomic E-state index is 0.309. The summed E-state index contributed by atoms with van der Waals surface area (Å²) in [5, 5.41) is 3.07. The molecule has 11 heteroatoms. The Labute approximate surface area is 135 Å². The van der Waals surface area contributed by atoms with Crippen LogP contribution in [0.15, 0.2) is 16.4 Å². The maximum atomic E-state index is 13.9. The number of allylic oxidation sites excluding steroid dienone is 2. The Balaban J connectivity index is 2.00. The summed E-state index contributed by atoms with van der Waals surface area (Å²) in [6.07, 6.45) is -17.7. The Morgan fingerprint density at radius 3 is 2.08 bits per heavy atom. The third-order valence-corrected chi connectivity index (χ3v) is 4.33. The zero-order valence-corrected chi connectivity index (χ0v) is 12.3. The Bertz CT molecular complexity index is 685. The van der Waals surface area contributed by atoms with Crippen molar-refractivity contribution in [3.63, 3.8) is 0 Å². The Morgan fingerprint density at radius 1 is 1.00 bits per heavy atom. The van der Waals surface area contributed by atoms with Gasteiger partial charge in [-0.2, -0.15) is 13.2 Å². The summed E-state index contributed by atoms with van der Waals surface area (Å²) in [4.78, 5) is 11.6. The van der Waals surface area contributed by atoms with Crippen molar-refractivity contribution in [1.82, 2.24) is 0 Å². The van der Waals surface area contributed by atoms with E-state index in [1.165, 1.54) is 0 Å². The molecule has 1 aliphatic heterocycles. The molecule has 0 aromatic rings. The van der Waals surface area contributed by atoms with E-state index in [2.05, 4.69) is 5.10 Å². The van der Waals surface area contributed by atoms with Gasteiger partial charge in [-0.15, -0.1) is 0 Å². The minimum Gasteiger partial charge on any atom is -0.290 e. The molecule has 0 bridgehead atoms. The standard InChI is InChI=1S/C14H11F8N2O/c15-5-1-4(2-6(16)8(5)17)3-24-11-7(12(25)10(19)9(11)18)13(23-24)14(20,21)22/h3-6,8-10H,1-2H2/q+1/b24-3-/t4?,5-,6+,8?,9-,10+/m0/s1. The van der Waals surface area contributed by atoms with E-state index in [0.29, 0.717) is 4.68 Å². The number of carbonyl (C=O) groups excluding carboxylic acids is 1. The van der Waals surface area contributed by atoms with Crippen molar-refractivity contribution in [3.05, 3.63) is 11.3 Å². The van der Waals surface area contributed by atoms with Gasteiger partial charge in [0.25, 0.3) is 5.70 Å². The number of hydrazone groups is 1. The summed E-state index contributed by atoms with van der Waals surface area (Å²) in [5.41, 5.74) is -3.94. The number of hydrogen-bond acceptors (Lipinski definition) is 2. The third-order valence-electron chi connectivity index (χ3n) is 4.33. The van der Waals surface area contributed by atoms with Crippen molar-refractivity contribution >= 4 is 17.7 Å². The van der Waals surface area contributed by atoms with Crippen LogP contribution in [0, 0.1) is 5.92 Å². The van der Waals surface area contributed by atoms with E-state index < -0.39 is 78.6 Å². The molecule has 1 saturated carbocycles. The number of halogens is 8. The molecule has 2 aliphatic carbocycles. The van der Waals surface area contributed by atoms with E-state index in [9.17, 15) is 39.9 Å². The molecule has 1 heterocycles. The molecule has 2 unspecified atom stereocenters. The van der Waals surface area contributed by atoms with E-state index in [-0.39, 0.29) is 0 Å². The zero-order chi connectivity index (χ0) is 18.7. The first-order valence-corrected chi connectivity index (χ1v) is 7.31. The number of ketones is 1. The average Bonchev–Trinajstić information content (AvgIpc) is 2.98. The Hall–Kier alpha value is -1.81. The predicted molar refractivity (Wildman–Crippen MR) is 69.1 cm³/mol. The Morgan fingerprint density at radius 2 is 1.56 bits per heavy atom. The zero-order valence-electron chi connectivity index (χ0n) is 12.3. The maximum Gasteiger partial charge on any atom is 0.440 e. The van der Waals surface area contributed by atoms with Gasteiger partial charge in [0.15, 0.2) is 12.4 Å². The quantitative estimate of drug-likeness (QED) is 0.512. The SMILES string of the molecule is O=C1C2=C([C@@H](F)[C@H]1F)/[N+](=C/C1C[C@@H](F)C(F)[C@@H](F)C1)N=C2C(F)(F)F. The summed E-state index contributed by atoms with van der Waals surface area (Å²) < 4.78 is 107. The highest BCUT2D eigenvalue weighted by Crippen LogP contribution is 2.39. The maximum absolute atomic E-state index is 13.9. The molecule has 3 aliphatic rings. The monoisotopic (exact) mass is 375 g/mol. The van der Waals surface area contributed by atoms with Crippen LogP contribution in [0.25, 0.3) is 0 Å². The highest BCUT2D eigenvalue weighted by Gasteiger charge is 2.60. The second-order valence-electron chi connectivity index (χ2n) is 6.08. The van der Waals surface area contributed by atoms with Gasteiger partial charge in [0.05, 0.1) is 0 Å². The summed E-state index contributed by atoms with van der Waals surface area (Å²) in [6.45, 7) is 0. The van der Waals surface area contributed by atoms with Crippen molar-refractivity contribution < 1.29 is 44.6 Å². The molecule has 138 valence electrons. The molecule has 1 fully saturated rings. The van der Waals surface area contributed by atoms with Gasteiger partial charge >= 0.3 is 6.18 Å². The van der Waals surface area contributed by atoms with Crippen molar-refractivity contribution in [1.29, 1.82) is 0 Å². The van der Waals surface area contributed by atoms with Gasteiger partial charge in [0, 0.05) is 11.0 Å². The molecule has 6 atom stereocenters. The first-order chi connectivity index (χ1) is 11.5. The second-order valence-corrected chi connectivity index (χ2v) is 6.08. The number of rotatable bonds is 1. The molecule has 0 amide bonds. The molecule has 0 N–H and O–H groups in total. The van der Waals surface area contributed by atoms with E-state index >= 15 is 0 Å². The van der Waals surface area contributed by atoms with Gasteiger partial charge in [0.2, 0.25) is 23.8 Å². The lowest BCUT2D eigenvalue weighted by Crippen LogP contribution is -2.38. The number of alkyl halides is 8. The van der Waals surface area contributed by atoms with Crippen LogP contribution in [-0.4, -0.2) is 59.4 Å². The van der Waals surface area contributed by atoms with Crippen molar-refractivity contribution in [2.24, 2.45) is 11.0 Å². The molecular weight excluding hydrogens is 364 g/mol. The Kier molecular flexibility index (Phi) is 4.23. The molecule has 0 radical (unpaired) electrons. The third kappa shape index (κ3) is 2.86. The van der Waals surface area contributed by atoms with Gasteiger partial charge in [-0.3, -0.25) is 4.79 Å². The molecule has 0 aromatic carbocycles. The van der Waals surface area contributed by atoms with Crippen LogP contribution in [0.1, 0.15) is 12.8 Å². The molecule has 0 aromatic heterocycles. The highest BCUT2D eigenvalue weighted by molar-refractivity contribution is 6.28. The van der Waals surface area contributed by atoms with Crippen LogP contribution in [0.3, 0.4) is 0 Å². The van der Waals surface area contributed by atoms with Crippen LogP contribution >= 0.6 is 0 Å². The molecule has 0 spiro atoms. The van der Waals surface area contributed by atoms with Crippen molar-refractivity contribution in [2.75, 3.05) is 0 Å². The van der Waals surface area contributed by atoms with Gasteiger partial charge in [-0.05, 0) is 12.8 Å². The number of hydrogen-bond donors (Lipinski definition) is 0. The fourth-order valence-corrected chi connectivity index (χ4v) is 3.16. The van der Waals surface area contributed by atoms with Crippen LogP contribution in [-0.2, 0) is 4.79 Å². The molecule has 25 heavy (non-hydrogen) atoms. The fraction of sp³-hybridized carbons (Fsp3) is 0.643. The smallest absolute Gasteiger partial charge is 0.290 e. The predicted octanol–water partition coefficient (Wildman–Crippen LogP) is 2.94. The lowest BCUT2D eigenvalue weighted by molar-refractivity contribution is -0.483. The first-order valence-electron chi connectivity index (χ1n) is 7.31. The summed E-state index contributed by atoms with van der Waals surface area (Å²) >= 11 is 0. The van der Waals surface area contributed by atoms with E-state index in [4.69, 9.17) is 0 Å². The van der Waals surface area contributed by atoms with E-state index in [1.807, 2.05) is 0 Å². The summed E-state index contributed by atoms with van der Waals surface area (Å²) in [7, 11) is 0. The lowest BCUT2D eigenvalue weighted by Gasteiger charge is -2.26. The molecule has 0 saturated heterocycles. The van der Waals surface area contributed by atoms with Crippen LogP contribution in [0.4, 0.5) is 35.1 Å². The lowest BCUT2D eigenvalue weighted by atomic mass is 9.86. The largest absolute Gasteiger partial charge is 0.440 e. The first kappa shape index (κ1) is 18.0. The normalized spacial score (nSPS) is 40.7. The van der Waals surface area contributed by atoms with Gasteiger partial charge in [-0.1, -0.05) is 4.68 Å². The number of Topliss-reactive ketones (excluding diaryl/α,β-unsaturated/α-hetero) is 1. The summed E-state index contributed by atoms with van der Waals surface area (Å²) in [6, 6.07) is 0. The van der Waals surface area contributed by atoms with E-state index in [1.54, 1.807) is 0 Å². The topological polar surface area (TPSA) is 32.4 Å². The number of carbonyl (C=O) groups is 1. The van der Waals surface area contributed by atoms with Gasteiger partial charge in [-0.25, -0.2) is 22.0 Å². The van der Waals surface area contributed by atoms with Crippen molar-refractivity contribution in [2.45, 2.75) is 49.9 Å². The van der Waals surface area contributed by atoms with E-state index in [0.717, 1.165) is 6.21 Å². The van der Waals surface area contributed by atoms with Gasteiger partial charge < -0.3 is 0 Å². The molecular formula is C14H11F8N2O+. The van der Waals surface area contributed by atoms with Crippen molar-refractivity contribution in [3.8, 4) is 0 Å². The van der Waals surface area contributed by atoms with Crippen LogP contribution in [0.2, 0.25) is 0 Å². The molecule has 3 rings (SSSR count). The van der Waals surface area contributed by atoms with Crippen LogP contribution in [0.5, 0.6) is 0 Å². The van der Waals surface area contributed by atoms with Gasteiger partial charge in [0.1, 0.15) is 17.9 Å². The molecule has 3 nitrogen and oxygen atoms in total. The van der Waals surface area contributed by atoms with Crippen LogP contribution < -0.4 is 0 Å².